The van der Waals surface area contributed by atoms with E-state index in [1.165, 1.54) is 18.3 Å². The monoisotopic (exact) mass is 236 g/mol. The number of hydrogen-bond acceptors (Lipinski definition) is 3. The van der Waals surface area contributed by atoms with Crippen LogP contribution >= 0.6 is 0 Å². The van der Waals surface area contributed by atoms with Crippen molar-refractivity contribution in [1.82, 2.24) is 9.03 Å². The molecule has 0 amide bonds. The lowest BCUT2D eigenvalue weighted by molar-refractivity contribution is -0.138. The molecular weight excluding hydrogens is 220 g/mol. The van der Waals surface area contributed by atoms with E-state index in [1.54, 1.807) is 0 Å². The van der Waals surface area contributed by atoms with Gasteiger partial charge in [0, 0.05) is 13.6 Å². The molecule has 0 heterocycles. The van der Waals surface area contributed by atoms with Gasteiger partial charge in [-0.3, -0.25) is 4.79 Å². The minimum atomic E-state index is -3.66. The number of carbonyl (C=O) groups is 1. The van der Waals surface area contributed by atoms with Crippen LogP contribution in [0.15, 0.2) is 0 Å². The minimum absolute atomic E-state index is 0.437. The van der Waals surface area contributed by atoms with Gasteiger partial charge >= 0.3 is 5.97 Å². The van der Waals surface area contributed by atoms with E-state index in [4.69, 9.17) is 5.11 Å². The van der Waals surface area contributed by atoms with Gasteiger partial charge in [0.1, 0.15) is 6.04 Å². The van der Waals surface area contributed by atoms with Gasteiger partial charge in [-0.05, 0) is 25.7 Å². The van der Waals surface area contributed by atoms with E-state index in [0.29, 0.717) is 12.5 Å². The Balaban J connectivity index is 2.52. The minimum Gasteiger partial charge on any atom is -0.480 e. The summed E-state index contributed by atoms with van der Waals surface area (Å²) in [7, 11) is -2.20. The largest absolute Gasteiger partial charge is 0.480 e. The Morgan fingerprint density at radius 1 is 1.60 bits per heavy atom. The van der Waals surface area contributed by atoms with E-state index in [9.17, 15) is 13.2 Å². The lowest BCUT2D eigenvalue weighted by Crippen LogP contribution is -2.46. The highest BCUT2D eigenvalue weighted by atomic mass is 32.2. The van der Waals surface area contributed by atoms with E-state index in [1.807, 2.05) is 0 Å². The molecule has 6 nitrogen and oxygen atoms in total. The van der Waals surface area contributed by atoms with E-state index >= 15 is 0 Å². The zero-order valence-corrected chi connectivity index (χ0v) is 9.62. The first kappa shape index (κ1) is 12.4. The predicted octanol–water partition coefficient (Wildman–Crippen LogP) is -0.364. The number of nitrogens with zero attached hydrogens (tertiary/aromatic N) is 1. The molecule has 1 aliphatic carbocycles. The molecule has 1 aliphatic rings. The van der Waals surface area contributed by atoms with Gasteiger partial charge < -0.3 is 5.11 Å². The Labute approximate surface area is 89.4 Å². The van der Waals surface area contributed by atoms with Crippen LogP contribution < -0.4 is 4.72 Å². The van der Waals surface area contributed by atoms with Gasteiger partial charge in [-0.2, -0.15) is 17.4 Å². The highest BCUT2D eigenvalue weighted by Crippen LogP contribution is 2.29. The van der Waals surface area contributed by atoms with E-state index < -0.39 is 22.2 Å². The number of carboxylic acids is 1. The Morgan fingerprint density at radius 2 is 2.13 bits per heavy atom. The molecule has 0 unspecified atom stereocenters. The molecule has 2 N–H and O–H groups in total. The Hall–Kier alpha value is -0.660. The summed E-state index contributed by atoms with van der Waals surface area (Å²) >= 11 is 0. The summed E-state index contributed by atoms with van der Waals surface area (Å²) in [6.45, 7) is 1.76. The molecule has 15 heavy (non-hydrogen) atoms. The average molecular weight is 236 g/mol. The van der Waals surface area contributed by atoms with Crippen LogP contribution in [0.4, 0.5) is 0 Å². The summed E-state index contributed by atoms with van der Waals surface area (Å²) < 4.78 is 26.4. The second kappa shape index (κ2) is 4.46. The maximum absolute atomic E-state index is 11.6. The molecule has 0 saturated heterocycles. The van der Waals surface area contributed by atoms with E-state index in [-0.39, 0.29) is 0 Å². The molecule has 1 atom stereocenters. The zero-order valence-electron chi connectivity index (χ0n) is 8.80. The normalized spacial score (nSPS) is 19.1. The number of carboxylic acid groups (broad SMARTS) is 1. The molecule has 0 aromatic carbocycles. The van der Waals surface area contributed by atoms with Crippen LogP contribution in [0.1, 0.15) is 19.8 Å². The Kier molecular flexibility index (Phi) is 3.69. The molecule has 88 valence electrons. The van der Waals surface area contributed by atoms with Gasteiger partial charge in [0.15, 0.2) is 0 Å². The molecule has 1 fully saturated rings. The van der Waals surface area contributed by atoms with E-state index in [2.05, 4.69) is 4.72 Å². The molecule has 7 heteroatoms. The summed E-state index contributed by atoms with van der Waals surface area (Å²) in [5.41, 5.74) is 0. The fourth-order valence-electron chi connectivity index (χ4n) is 1.13. The van der Waals surface area contributed by atoms with Crippen LogP contribution in [0.2, 0.25) is 0 Å². The smallest absolute Gasteiger partial charge is 0.321 e. The highest BCUT2D eigenvalue weighted by Gasteiger charge is 2.29. The summed E-state index contributed by atoms with van der Waals surface area (Å²) in [6, 6.07) is -1.10. The maximum atomic E-state index is 11.6. The van der Waals surface area contributed by atoms with Crippen molar-refractivity contribution in [1.29, 1.82) is 0 Å². The third-order valence-corrected chi connectivity index (χ3v) is 3.94. The van der Waals surface area contributed by atoms with Crippen LogP contribution in [0.3, 0.4) is 0 Å². The van der Waals surface area contributed by atoms with Crippen molar-refractivity contribution in [2.45, 2.75) is 25.8 Å². The predicted molar refractivity (Wildman–Crippen MR) is 54.5 cm³/mol. The molecule has 0 spiro atoms. The van der Waals surface area contributed by atoms with Gasteiger partial charge in [-0.15, -0.1) is 0 Å². The fourth-order valence-corrected chi connectivity index (χ4v) is 2.26. The van der Waals surface area contributed by atoms with Crippen molar-refractivity contribution < 1.29 is 18.3 Å². The first-order valence-corrected chi connectivity index (χ1v) is 6.23. The lowest BCUT2D eigenvalue weighted by atomic mass is 10.4. The second-order valence-electron chi connectivity index (χ2n) is 3.91. The fraction of sp³-hybridized carbons (Fsp3) is 0.875. The molecule has 0 aliphatic heterocycles. The number of nitrogens with one attached hydrogen (secondary N) is 1. The molecule has 0 radical (unpaired) electrons. The van der Waals surface area contributed by atoms with Crippen LogP contribution in [0, 0.1) is 5.92 Å². The van der Waals surface area contributed by atoms with Gasteiger partial charge in [0.2, 0.25) is 0 Å². The number of hydrogen-bond donors (Lipinski definition) is 2. The third kappa shape index (κ3) is 3.77. The van der Waals surface area contributed by atoms with Crippen LogP contribution in [0.5, 0.6) is 0 Å². The highest BCUT2D eigenvalue weighted by molar-refractivity contribution is 7.87. The second-order valence-corrected chi connectivity index (χ2v) is 5.72. The van der Waals surface area contributed by atoms with Crippen molar-refractivity contribution in [3.05, 3.63) is 0 Å². The molecular formula is C8H16N2O4S. The maximum Gasteiger partial charge on any atom is 0.321 e. The van der Waals surface area contributed by atoms with Crippen molar-refractivity contribution in [2.75, 3.05) is 13.6 Å². The first-order valence-electron chi connectivity index (χ1n) is 4.79. The summed E-state index contributed by atoms with van der Waals surface area (Å²) in [5.74, 6) is -0.745. The van der Waals surface area contributed by atoms with Gasteiger partial charge in [-0.1, -0.05) is 0 Å². The van der Waals surface area contributed by atoms with Crippen molar-refractivity contribution in [3.63, 3.8) is 0 Å². The van der Waals surface area contributed by atoms with Gasteiger partial charge in [0.25, 0.3) is 10.2 Å². The topological polar surface area (TPSA) is 86.7 Å². The summed E-state index contributed by atoms with van der Waals surface area (Å²) in [5, 5.41) is 8.58. The van der Waals surface area contributed by atoms with E-state index in [0.717, 1.165) is 12.8 Å². The SMILES string of the molecule is C[C@H](NS(=O)(=O)N(C)CC1CC1)C(=O)O. The average Bonchev–Trinajstić information content (AvgIpc) is 2.87. The summed E-state index contributed by atoms with van der Waals surface area (Å²) in [4.78, 5) is 10.5. The molecule has 0 aromatic rings. The van der Waals surface area contributed by atoms with Crippen LogP contribution in [-0.2, 0) is 15.0 Å². The van der Waals surface area contributed by atoms with Crippen molar-refractivity contribution in [2.24, 2.45) is 5.92 Å². The number of rotatable bonds is 6. The molecule has 1 rings (SSSR count). The summed E-state index contributed by atoms with van der Waals surface area (Å²) in [6.07, 6.45) is 2.10. The molecule has 0 aromatic heterocycles. The lowest BCUT2D eigenvalue weighted by Gasteiger charge is -2.18. The van der Waals surface area contributed by atoms with Gasteiger partial charge in [0.05, 0.1) is 0 Å². The quantitative estimate of drug-likeness (QED) is 0.659. The van der Waals surface area contributed by atoms with Gasteiger partial charge in [-0.25, -0.2) is 0 Å². The first-order chi connectivity index (χ1) is 6.83. The zero-order chi connectivity index (χ0) is 11.6. The van der Waals surface area contributed by atoms with Crippen LogP contribution in [0.25, 0.3) is 0 Å². The standard InChI is InChI=1S/C8H16N2O4S/c1-6(8(11)12)9-15(13,14)10(2)5-7-3-4-7/h6-7,9H,3-5H2,1-2H3,(H,11,12)/t6-/m0/s1. The molecule has 0 bridgehead atoms. The van der Waals surface area contributed by atoms with Crippen molar-refractivity contribution >= 4 is 16.2 Å². The van der Waals surface area contributed by atoms with Crippen molar-refractivity contribution in [3.8, 4) is 0 Å². The third-order valence-electron chi connectivity index (χ3n) is 2.32. The Bertz CT molecular complexity index is 337. The van der Waals surface area contributed by atoms with Crippen LogP contribution in [-0.4, -0.2) is 43.4 Å². The number of aliphatic carboxylic acids is 1. The Morgan fingerprint density at radius 3 is 2.53 bits per heavy atom. The molecule has 1 saturated carbocycles.